The molecule has 0 bridgehead atoms. The van der Waals surface area contributed by atoms with Gasteiger partial charge in [0.1, 0.15) is 14.4 Å². The highest BCUT2D eigenvalue weighted by atomic mass is 28.3. The van der Waals surface area contributed by atoms with Gasteiger partial charge >= 0.3 is 5.97 Å². The summed E-state index contributed by atoms with van der Waals surface area (Å²) in [4.78, 5) is 20.1. The van der Waals surface area contributed by atoms with Gasteiger partial charge < -0.3 is 4.74 Å². The fourth-order valence-electron chi connectivity index (χ4n) is 1.66. The van der Waals surface area contributed by atoms with E-state index in [1.165, 1.54) is 18.7 Å². The number of hydrogen-bond acceptors (Lipinski definition) is 5. The first-order chi connectivity index (χ1) is 9.85. The van der Waals surface area contributed by atoms with Gasteiger partial charge in [0.05, 0.1) is 12.7 Å². The summed E-state index contributed by atoms with van der Waals surface area (Å²) in [7, 11) is -1.58. The van der Waals surface area contributed by atoms with Crippen molar-refractivity contribution >= 4 is 14.0 Å². The highest BCUT2D eigenvalue weighted by Crippen LogP contribution is 2.28. The molecular formula is C15H19N3O2Si. The maximum atomic E-state index is 12.3. The monoisotopic (exact) mass is 301 g/mol. The van der Waals surface area contributed by atoms with Gasteiger partial charge in [-0.25, -0.2) is 14.8 Å². The molecule has 0 saturated heterocycles. The summed E-state index contributed by atoms with van der Waals surface area (Å²) < 4.78 is 5.06. The van der Waals surface area contributed by atoms with Crippen LogP contribution in [0.15, 0.2) is 18.7 Å². The number of carbonyl (C=O) groups is 1. The molecule has 21 heavy (non-hydrogen) atoms. The van der Waals surface area contributed by atoms with Crippen molar-refractivity contribution in [3.63, 3.8) is 0 Å². The number of nitrogens with zero attached hydrogens (tertiary/aromatic N) is 3. The van der Waals surface area contributed by atoms with Gasteiger partial charge in [-0.05, 0) is 6.92 Å². The van der Waals surface area contributed by atoms with Gasteiger partial charge in [-0.1, -0.05) is 19.6 Å². The Kier molecular flexibility index (Phi) is 5.63. The first kappa shape index (κ1) is 16.9. The predicted octanol–water partition coefficient (Wildman–Crippen LogP) is 2.07. The number of nitriles is 1. The Hall–Kier alpha value is -2.18. The van der Waals surface area contributed by atoms with E-state index in [4.69, 9.17) is 4.74 Å². The summed E-state index contributed by atoms with van der Waals surface area (Å²) in [5.74, 6) is 2.38. The van der Waals surface area contributed by atoms with E-state index in [2.05, 4.69) is 47.1 Å². The highest BCUT2D eigenvalue weighted by molar-refractivity contribution is 6.83. The van der Waals surface area contributed by atoms with Crippen LogP contribution >= 0.6 is 0 Å². The van der Waals surface area contributed by atoms with E-state index in [1.807, 2.05) is 0 Å². The lowest BCUT2D eigenvalue weighted by molar-refractivity contribution is -0.147. The molecule has 0 N–H and O–H groups in total. The Bertz CT molecular complexity index is 593. The molecule has 0 amide bonds. The molecule has 6 heteroatoms. The van der Waals surface area contributed by atoms with Crippen molar-refractivity contribution in [3.8, 4) is 17.5 Å². The van der Waals surface area contributed by atoms with Crippen molar-refractivity contribution < 1.29 is 9.53 Å². The van der Waals surface area contributed by atoms with Crippen molar-refractivity contribution in [2.75, 3.05) is 6.61 Å². The van der Waals surface area contributed by atoms with Crippen molar-refractivity contribution in [3.05, 3.63) is 24.3 Å². The molecule has 0 aromatic carbocycles. The molecule has 1 atom stereocenters. The van der Waals surface area contributed by atoms with Gasteiger partial charge in [0.25, 0.3) is 0 Å². The first-order valence-corrected chi connectivity index (χ1v) is 10.2. The number of ether oxygens (including phenoxy) is 1. The lowest BCUT2D eigenvalue weighted by atomic mass is 9.80. The third kappa shape index (κ3) is 4.40. The average Bonchev–Trinajstić information content (AvgIpc) is 2.44. The largest absolute Gasteiger partial charge is 0.465 e. The molecule has 0 aliphatic heterocycles. The summed E-state index contributed by atoms with van der Waals surface area (Å²) in [6, 6.07) is 2.06. The summed E-state index contributed by atoms with van der Waals surface area (Å²) in [5, 5.41) is 9.59. The van der Waals surface area contributed by atoms with Gasteiger partial charge in [0.2, 0.25) is 0 Å². The third-order valence-corrected chi connectivity index (χ3v) is 3.61. The lowest BCUT2D eigenvalue weighted by Gasteiger charge is -2.22. The van der Waals surface area contributed by atoms with Crippen molar-refractivity contribution in [2.45, 2.75) is 38.4 Å². The van der Waals surface area contributed by atoms with Crippen LogP contribution in [0.25, 0.3) is 0 Å². The number of carbonyl (C=O) groups excluding carboxylic acids is 1. The topological polar surface area (TPSA) is 75.9 Å². The zero-order valence-corrected chi connectivity index (χ0v) is 13.8. The van der Waals surface area contributed by atoms with E-state index in [9.17, 15) is 10.1 Å². The Morgan fingerprint density at radius 1 is 1.38 bits per heavy atom. The van der Waals surface area contributed by atoms with Crippen LogP contribution in [0.4, 0.5) is 0 Å². The smallest absolute Gasteiger partial charge is 0.332 e. The van der Waals surface area contributed by atoms with Crippen LogP contribution < -0.4 is 0 Å². The minimum Gasteiger partial charge on any atom is -0.465 e. The van der Waals surface area contributed by atoms with E-state index in [-0.39, 0.29) is 13.0 Å². The zero-order valence-electron chi connectivity index (χ0n) is 12.8. The summed E-state index contributed by atoms with van der Waals surface area (Å²) in [6.07, 6.45) is 4.36. The Balaban J connectivity index is 3.24. The molecular weight excluding hydrogens is 282 g/mol. The van der Waals surface area contributed by atoms with Gasteiger partial charge in [-0.3, -0.25) is 0 Å². The zero-order chi connectivity index (χ0) is 15.9. The molecule has 0 aliphatic rings. The van der Waals surface area contributed by atoms with Crippen LogP contribution in [0.2, 0.25) is 19.6 Å². The SMILES string of the molecule is CCOC(=O)C(C#N)(CC#C[Si](C)(C)C)c1cncnc1. The first-order valence-electron chi connectivity index (χ1n) is 6.69. The number of hydrogen-bond donors (Lipinski definition) is 0. The third-order valence-electron chi connectivity index (χ3n) is 2.69. The van der Waals surface area contributed by atoms with Crippen LogP contribution in [0.1, 0.15) is 18.9 Å². The van der Waals surface area contributed by atoms with Crippen molar-refractivity contribution in [2.24, 2.45) is 0 Å². The molecule has 1 heterocycles. The highest BCUT2D eigenvalue weighted by Gasteiger charge is 2.42. The average molecular weight is 301 g/mol. The minimum atomic E-state index is -1.58. The quantitative estimate of drug-likeness (QED) is 0.483. The molecule has 0 spiro atoms. The Morgan fingerprint density at radius 2 is 2.00 bits per heavy atom. The van der Waals surface area contributed by atoms with Gasteiger partial charge in [0.15, 0.2) is 5.41 Å². The van der Waals surface area contributed by atoms with E-state index in [0.29, 0.717) is 5.56 Å². The summed E-state index contributed by atoms with van der Waals surface area (Å²) in [5.41, 5.74) is 2.11. The number of esters is 1. The minimum absolute atomic E-state index is 0.0833. The second-order valence-electron chi connectivity index (χ2n) is 5.59. The molecule has 1 aromatic rings. The van der Waals surface area contributed by atoms with E-state index >= 15 is 0 Å². The second kappa shape index (κ2) is 7.01. The Labute approximate surface area is 126 Å². The van der Waals surface area contributed by atoms with Crippen LogP contribution in [-0.2, 0) is 14.9 Å². The molecule has 0 fully saturated rings. The van der Waals surface area contributed by atoms with Gasteiger partial charge in [-0.15, -0.1) is 11.5 Å². The van der Waals surface area contributed by atoms with Crippen molar-refractivity contribution in [1.29, 1.82) is 5.26 Å². The molecule has 1 rings (SSSR count). The second-order valence-corrected chi connectivity index (χ2v) is 10.3. The maximum absolute atomic E-state index is 12.3. The van der Waals surface area contributed by atoms with E-state index < -0.39 is 19.5 Å². The van der Waals surface area contributed by atoms with Crippen LogP contribution in [-0.4, -0.2) is 30.6 Å². The number of rotatable bonds is 4. The lowest BCUT2D eigenvalue weighted by Crippen LogP contribution is -2.36. The summed E-state index contributed by atoms with van der Waals surface area (Å²) >= 11 is 0. The van der Waals surface area contributed by atoms with Crippen LogP contribution in [0, 0.1) is 22.8 Å². The van der Waals surface area contributed by atoms with Crippen LogP contribution in [0.3, 0.4) is 0 Å². The number of aromatic nitrogens is 2. The standard InChI is InChI=1S/C15H19N3O2Si/c1-5-20-14(19)15(11-16,7-6-8-21(2,3)4)13-9-17-12-18-10-13/h9-10,12H,5,7H2,1-4H3. The fraction of sp³-hybridized carbons (Fsp3) is 0.467. The molecule has 1 unspecified atom stereocenters. The molecule has 1 aromatic heterocycles. The molecule has 110 valence electrons. The van der Waals surface area contributed by atoms with Crippen molar-refractivity contribution in [1.82, 2.24) is 9.97 Å². The van der Waals surface area contributed by atoms with Gasteiger partial charge in [-0.2, -0.15) is 5.26 Å². The molecule has 0 aliphatic carbocycles. The Morgan fingerprint density at radius 3 is 2.48 bits per heavy atom. The van der Waals surface area contributed by atoms with Crippen LogP contribution in [0.5, 0.6) is 0 Å². The maximum Gasteiger partial charge on any atom is 0.332 e. The van der Waals surface area contributed by atoms with E-state index in [1.54, 1.807) is 6.92 Å². The normalized spacial score (nSPS) is 13.3. The molecule has 0 saturated carbocycles. The summed E-state index contributed by atoms with van der Waals surface area (Å²) in [6.45, 7) is 8.21. The predicted molar refractivity (Wildman–Crippen MR) is 81.7 cm³/mol. The molecule has 0 radical (unpaired) electrons. The van der Waals surface area contributed by atoms with Gasteiger partial charge in [0, 0.05) is 24.4 Å². The molecule has 5 nitrogen and oxygen atoms in total. The fourth-order valence-corrected chi connectivity index (χ4v) is 2.28. The van der Waals surface area contributed by atoms with E-state index in [0.717, 1.165) is 0 Å².